The van der Waals surface area contributed by atoms with Crippen LogP contribution >= 0.6 is 0 Å². The number of nitrogens with zero attached hydrogens (tertiary/aromatic N) is 1. The number of anilines is 1. The molecule has 2 aliphatic rings. The molecule has 0 amide bonds. The fourth-order valence-corrected chi connectivity index (χ4v) is 7.06. The predicted molar refractivity (Wildman–Crippen MR) is 169 cm³/mol. The van der Waals surface area contributed by atoms with Gasteiger partial charge in [-0.3, -0.25) is 0 Å². The minimum absolute atomic E-state index is 0.0483. The summed E-state index contributed by atoms with van der Waals surface area (Å²) in [6, 6.07) is 26.9. The molecule has 44 heavy (non-hydrogen) atoms. The number of hydrogen-bond donors (Lipinski definition) is 0. The molecule has 2 unspecified atom stereocenters. The molecule has 0 spiro atoms. The molecule has 7 nitrogen and oxygen atoms in total. The van der Waals surface area contributed by atoms with Crippen LogP contribution in [0.15, 0.2) is 102 Å². The lowest BCUT2D eigenvalue weighted by atomic mass is 9.64. The van der Waals surface area contributed by atoms with E-state index in [-0.39, 0.29) is 22.5 Å². The molecule has 1 saturated carbocycles. The Hall–Kier alpha value is -4.39. The van der Waals surface area contributed by atoms with Crippen molar-refractivity contribution in [1.82, 2.24) is 0 Å². The van der Waals surface area contributed by atoms with Gasteiger partial charge in [0, 0.05) is 11.6 Å². The number of para-hydroxylation sites is 1. The number of esters is 3. The number of ether oxygens (including phenoxy) is 3. The van der Waals surface area contributed by atoms with Crippen LogP contribution in [0.3, 0.4) is 0 Å². The van der Waals surface area contributed by atoms with E-state index in [1.807, 2.05) is 78.9 Å². The zero-order valence-corrected chi connectivity index (χ0v) is 26.1. The van der Waals surface area contributed by atoms with Crippen LogP contribution in [0.5, 0.6) is 0 Å². The quantitative estimate of drug-likeness (QED) is 0.215. The molecular weight excluding hydrogens is 554 g/mol. The number of methoxy groups -OCH3 is 2. The van der Waals surface area contributed by atoms with Crippen LogP contribution in [0.2, 0.25) is 0 Å². The summed E-state index contributed by atoms with van der Waals surface area (Å²) in [4.78, 5) is 43.4. The van der Waals surface area contributed by atoms with Gasteiger partial charge in [0.05, 0.1) is 31.4 Å². The maximum atomic E-state index is 14.6. The van der Waals surface area contributed by atoms with Crippen molar-refractivity contribution in [3.8, 4) is 0 Å². The Bertz CT molecular complexity index is 1500. The Morgan fingerprint density at radius 2 is 1.30 bits per heavy atom. The van der Waals surface area contributed by atoms with Gasteiger partial charge < -0.3 is 19.1 Å². The highest BCUT2D eigenvalue weighted by molar-refractivity contribution is 6.10. The number of hydrogen-bond acceptors (Lipinski definition) is 7. The minimum atomic E-state index is -1.23. The summed E-state index contributed by atoms with van der Waals surface area (Å²) in [7, 11) is 2.51. The van der Waals surface area contributed by atoms with Crippen molar-refractivity contribution < 1.29 is 28.6 Å². The van der Waals surface area contributed by atoms with E-state index in [1.54, 1.807) is 4.90 Å². The van der Waals surface area contributed by atoms with E-state index < -0.39 is 36.1 Å². The van der Waals surface area contributed by atoms with Crippen molar-refractivity contribution in [2.24, 2.45) is 11.8 Å². The van der Waals surface area contributed by atoms with Gasteiger partial charge in [0.15, 0.2) is 6.04 Å². The molecule has 230 valence electrons. The molecule has 1 aliphatic carbocycles. The Balaban J connectivity index is 1.63. The highest BCUT2D eigenvalue weighted by Crippen LogP contribution is 2.47. The van der Waals surface area contributed by atoms with Crippen LogP contribution in [0.1, 0.15) is 57.2 Å². The first kappa shape index (κ1) is 31.0. The molecule has 3 aromatic carbocycles. The van der Waals surface area contributed by atoms with Crippen LogP contribution in [0.4, 0.5) is 5.69 Å². The molecule has 1 aliphatic heterocycles. The number of carbonyl (C=O) groups excluding carboxylic acids is 3. The van der Waals surface area contributed by atoms with E-state index in [0.717, 1.165) is 18.4 Å². The highest BCUT2D eigenvalue weighted by atomic mass is 16.6. The molecule has 5 rings (SSSR count). The summed E-state index contributed by atoms with van der Waals surface area (Å²) in [5.74, 6) is -1.66. The molecule has 5 atom stereocenters. The monoisotopic (exact) mass is 595 g/mol. The van der Waals surface area contributed by atoms with E-state index in [2.05, 4.69) is 32.9 Å². The third-order valence-electron chi connectivity index (χ3n) is 9.36. The largest absolute Gasteiger partial charge is 0.466 e. The topological polar surface area (TPSA) is 82.1 Å². The highest BCUT2D eigenvalue weighted by Gasteiger charge is 2.53. The Kier molecular flexibility index (Phi) is 9.23. The summed E-state index contributed by atoms with van der Waals surface area (Å²) >= 11 is 0. The first-order valence-electron chi connectivity index (χ1n) is 15.2. The van der Waals surface area contributed by atoms with Crippen LogP contribution in [0, 0.1) is 11.8 Å². The number of carbonyl (C=O) groups is 3. The fraction of sp³-hybridized carbons (Fsp3) is 0.378. The van der Waals surface area contributed by atoms with Crippen LogP contribution in [0.25, 0.3) is 0 Å². The van der Waals surface area contributed by atoms with Crippen molar-refractivity contribution in [2.45, 2.75) is 63.6 Å². The third-order valence-corrected chi connectivity index (χ3v) is 9.36. The van der Waals surface area contributed by atoms with Crippen LogP contribution in [-0.2, 0) is 34.0 Å². The molecule has 1 fully saturated rings. The van der Waals surface area contributed by atoms with Crippen molar-refractivity contribution >= 4 is 23.6 Å². The van der Waals surface area contributed by atoms with Gasteiger partial charge in [-0.1, -0.05) is 106 Å². The molecule has 0 radical (unpaired) electrons. The third kappa shape index (κ3) is 5.88. The number of rotatable bonds is 8. The van der Waals surface area contributed by atoms with E-state index in [4.69, 9.17) is 14.2 Å². The SMILES string of the molecule is COC(=O)C1=C(C(=O)OC)C(c2ccccc2)N(c2ccccc2)C1C(=O)O[C@@H]1C[C@H](C)CC[C@H]1C(C)(C)c1ccccc1. The molecule has 0 bridgehead atoms. The minimum Gasteiger partial charge on any atom is -0.466 e. The zero-order chi connectivity index (χ0) is 31.4. The summed E-state index contributed by atoms with van der Waals surface area (Å²) in [5, 5.41) is 0. The summed E-state index contributed by atoms with van der Waals surface area (Å²) in [6.07, 6.45) is 2.24. The van der Waals surface area contributed by atoms with Crippen molar-refractivity contribution in [3.63, 3.8) is 0 Å². The van der Waals surface area contributed by atoms with Gasteiger partial charge in [-0.05, 0) is 47.4 Å². The van der Waals surface area contributed by atoms with E-state index in [9.17, 15) is 14.4 Å². The van der Waals surface area contributed by atoms with Crippen LogP contribution < -0.4 is 4.90 Å². The summed E-state index contributed by atoms with van der Waals surface area (Å²) < 4.78 is 16.9. The standard InChI is InChI=1S/C37H41NO6/c1-24-21-22-28(37(2,3)26-17-11-7-12-18-26)29(23-24)44-36(41)33-31(35(40)43-5)30(34(39)42-4)32(25-15-9-6-10-16-25)38(33)27-19-13-8-14-20-27/h6-20,24,28-29,32-33H,21-23H2,1-5H3/t24-,28-,29-,32?,33?/m1/s1. The summed E-state index contributed by atoms with van der Waals surface area (Å²) in [5.41, 5.74) is 2.29. The van der Waals surface area contributed by atoms with Gasteiger partial charge in [-0.15, -0.1) is 0 Å². The molecular formula is C37H41NO6. The zero-order valence-electron chi connectivity index (χ0n) is 26.1. The Morgan fingerprint density at radius 3 is 1.89 bits per heavy atom. The second-order valence-electron chi connectivity index (χ2n) is 12.4. The van der Waals surface area contributed by atoms with Gasteiger partial charge >= 0.3 is 17.9 Å². The van der Waals surface area contributed by atoms with Gasteiger partial charge in [0.1, 0.15) is 6.10 Å². The van der Waals surface area contributed by atoms with Gasteiger partial charge in [0.25, 0.3) is 0 Å². The average Bonchev–Trinajstić information content (AvgIpc) is 3.41. The molecule has 7 heteroatoms. The van der Waals surface area contributed by atoms with Gasteiger partial charge in [-0.25, -0.2) is 14.4 Å². The van der Waals surface area contributed by atoms with Crippen molar-refractivity contribution in [1.29, 1.82) is 0 Å². The van der Waals surface area contributed by atoms with E-state index in [1.165, 1.54) is 19.8 Å². The number of benzene rings is 3. The molecule has 0 N–H and O–H groups in total. The normalized spacial score (nSPS) is 23.7. The predicted octanol–water partition coefficient (Wildman–Crippen LogP) is 6.58. The fourth-order valence-electron chi connectivity index (χ4n) is 7.06. The first-order chi connectivity index (χ1) is 21.2. The maximum absolute atomic E-state index is 14.6. The second-order valence-corrected chi connectivity index (χ2v) is 12.4. The Labute approximate surface area is 259 Å². The second kappa shape index (κ2) is 13.1. The molecule has 3 aromatic rings. The van der Waals surface area contributed by atoms with Crippen molar-refractivity contribution in [2.75, 3.05) is 19.1 Å². The summed E-state index contributed by atoms with van der Waals surface area (Å²) in [6.45, 7) is 6.59. The van der Waals surface area contributed by atoms with E-state index >= 15 is 0 Å². The molecule has 1 heterocycles. The lowest BCUT2D eigenvalue weighted by molar-refractivity contribution is -0.158. The van der Waals surface area contributed by atoms with Crippen molar-refractivity contribution in [3.05, 3.63) is 113 Å². The maximum Gasteiger partial charge on any atom is 0.337 e. The van der Waals surface area contributed by atoms with Gasteiger partial charge in [0.2, 0.25) is 0 Å². The molecule has 0 saturated heterocycles. The Morgan fingerprint density at radius 1 is 0.750 bits per heavy atom. The molecule has 0 aromatic heterocycles. The van der Waals surface area contributed by atoms with Gasteiger partial charge in [-0.2, -0.15) is 0 Å². The lowest BCUT2D eigenvalue weighted by Crippen LogP contribution is -2.48. The van der Waals surface area contributed by atoms with E-state index in [0.29, 0.717) is 18.0 Å². The lowest BCUT2D eigenvalue weighted by Gasteiger charge is -2.44. The smallest absolute Gasteiger partial charge is 0.337 e. The first-order valence-corrected chi connectivity index (χ1v) is 15.2. The average molecular weight is 596 g/mol. The van der Waals surface area contributed by atoms with Crippen LogP contribution in [-0.4, -0.2) is 44.3 Å².